The molecule has 1 heterocycles. The number of amides is 4. The third-order valence-corrected chi connectivity index (χ3v) is 3.49. The minimum absolute atomic E-state index is 0.467. The Labute approximate surface area is 135 Å². The number of benzene rings is 1. The highest BCUT2D eigenvalue weighted by Gasteiger charge is 2.40. The van der Waals surface area contributed by atoms with Crippen molar-refractivity contribution in [1.29, 1.82) is 0 Å². The molecule has 0 aromatic heterocycles. The van der Waals surface area contributed by atoms with Gasteiger partial charge in [0, 0.05) is 12.8 Å². The van der Waals surface area contributed by atoms with E-state index < -0.39 is 23.8 Å². The van der Waals surface area contributed by atoms with E-state index >= 15 is 0 Å². The molecule has 2 rings (SSSR count). The van der Waals surface area contributed by atoms with Crippen LogP contribution >= 0.6 is 0 Å². The number of hydrogen-bond donors (Lipinski definition) is 1. The SMILES string of the molecule is Cc1ccccc1N1C(=O)NC(=O)[C@@H](C=NCCN(C)C)C1=O. The third-order valence-electron chi connectivity index (χ3n) is 3.49. The van der Waals surface area contributed by atoms with Crippen LogP contribution in [0.4, 0.5) is 10.5 Å². The summed E-state index contributed by atoms with van der Waals surface area (Å²) in [6.45, 7) is 2.98. The first-order valence-electron chi connectivity index (χ1n) is 7.31. The Morgan fingerprint density at radius 3 is 2.61 bits per heavy atom. The minimum atomic E-state index is -1.09. The fourth-order valence-corrected chi connectivity index (χ4v) is 2.20. The molecular formula is C16H20N4O3. The lowest BCUT2D eigenvalue weighted by atomic mass is 10.0. The van der Waals surface area contributed by atoms with Gasteiger partial charge in [-0.05, 0) is 32.6 Å². The van der Waals surface area contributed by atoms with Crippen LogP contribution in [0.5, 0.6) is 0 Å². The lowest BCUT2D eigenvalue weighted by Gasteiger charge is -2.29. The van der Waals surface area contributed by atoms with Gasteiger partial charge in [0.2, 0.25) is 5.91 Å². The molecule has 0 aliphatic carbocycles. The Kier molecular flexibility index (Phi) is 5.23. The van der Waals surface area contributed by atoms with Crippen molar-refractivity contribution < 1.29 is 14.4 Å². The van der Waals surface area contributed by atoms with E-state index in [4.69, 9.17) is 0 Å². The van der Waals surface area contributed by atoms with E-state index in [9.17, 15) is 14.4 Å². The molecule has 1 fully saturated rings. The summed E-state index contributed by atoms with van der Waals surface area (Å²) in [6, 6.07) is 6.29. The molecule has 0 bridgehead atoms. The Bertz CT molecular complexity index is 654. The monoisotopic (exact) mass is 316 g/mol. The first-order valence-corrected chi connectivity index (χ1v) is 7.31. The fraction of sp³-hybridized carbons (Fsp3) is 0.375. The lowest BCUT2D eigenvalue weighted by molar-refractivity contribution is -0.131. The van der Waals surface area contributed by atoms with Crippen molar-refractivity contribution >= 4 is 29.7 Å². The van der Waals surface area contributed by atoms with Crippen LogP contribution in [0.15, 0.2) is 29.3 Å². The standard InChI is InChI=1S/C16H20N4O3/c1-11-6-4-5-7-13(11)20-15(22)12(14(21)18-16(20)23)10-17-8-9-19(2)3/h4-7,10,12H,8-9H2,1-3H3,(H,18,21,23)/t12-/m1/s1. The van der Waals surface area contributed by atoms with Gasteiger partial charge in [-0.3, -0.25) is 19.9 Å². The summed E-state index contributed by atoms with van der Waals surface area (Å²) in [5.74, 6) is -2.31. The highest BCUT2D eigenvalue weighted by atomic mass is 16.2. The molecule has 23 heavy (non-hydrogen) atoms. The van der Waals surface area contributed by atoms with Crippen LogP contribution in [0.2, 0.25) is 0 Å². The summed E-state index contributed by atoms with van der Waals surface area (Å²) in [5, 5.41) is 2.21. The van der Waals surface area contributed by atoms with Crippen LogP contribution in [0.25, 0.3) is 0 Å². The van der Waals surface area contributed by atoms with Gasteiger partial charge in [0.1, 0.15) is 0 Å². The average molecular weight is 316 g/mol. The normalized spacial score (nSPS) is 18.9. The zero-order chi connectivity index (χ0) is 17.0. The molecule has 1 atom stereocenters. The molecule has 0 saturated carbocycles. The van der Waals surface area contributed by atoms with Gasteiger partial charge >= 0.3 is 6.03 Å². The smallest absolute Gasteiger partial charge is 0.308 e. The van der Waals surface area contributed by atoms with Crippen molar-refractivity contribution in [2.24, 2.45) is 10.9 Å². The number of carbonyl (C=O) groups excluding carboxylic acids is 3. The number of rotatable bonds is 5. The number of nitrogens with one attached hydrogen (secondary N) is 1. The highest BCUT2D eigenvalue weighted by molar-refractivity contribution is 6.32. The second kappa shape index (κ2) is 7.15. The zero-order valence-corrected chi connectivity index (χ0v) is 13.4. The van der Waals surface area contributed by atoms with Gasteiger partial charge in [-0.2, -0.15) is 0 Å². The Balaban J connectivity index is 2.22. The molecule has 1 saturated heterocycles. The molecule has 7 heteroatoms. The molecule has 0 spiro atoms. The Morgan fingerprint density at radius 1 is 1.26 bits per heavy atom. The first-order chi connectivity index (χ1) is 10.9. The summed E-state index contributed by atoms with van der Waals surface area (Å²) >= 11 is 0. The largest absolute Gasteiger partial charge is 0.335 e. The van der Waals surface area contributed by atoms with Crippen molar-refractivity contribution in [3.05, 3.63) is 29.8 Å². The van der Waals surface area contributed by atoms with Gasteiger partial charge in [0.25, 0.3) is 5.91 Å². The maximum Gasteiger partial charge on any atom is 0.335 e. The predicted octanol–water partition coefficient (Wildman–Crippen LogP) is 0.826. The summed E-state index contributed by atoms with van der Waals surface area (Å²) in [7, 11) is 3.82. The van der Waals surface area contributed by atoms with E-state index in [1.54, 1.807) is 25.1 Å². The number of aryl methyl sites for hydroxylation is 1. The highest BCUT2D eigenvalue weighted by Crippen LogP contribution is 2.23. The van der Waals surface area contributed by atoms with Gasteiger partial charge in [0.05, 0.1) is 12.2 Å². The average Bonchev–Trinajstić information content (AvgIpc) is 2.47. The van der Waals surface area contributed by atoms with Gasteiger partial charge in [-0.1, -0.05) is 18.2 Å². The lowest BCUT2D eigenvalue weighted by Crippen LogP contribution is -2.58. The van der Waals surface area contributed by atoms with Crippen molar-refractivity contribution in [3.63, 3.8) is 0 Å². The van der Waals surface area contributed by atoms with E-state index in [0.717, 1.165) is 10.5 Å². The summed E-state index contributed by atoms with van der Waals surface area (Å²) in [6.07, 6.45) is 1.32. The van der Waals surface area contributed by atoms with E-state index in [0.29, 0.717) is 18.8 Å². The molecule has 1 aromatic carbocycles. The third kappa shape index (κ3) is 3.81. The second-order valence-electron chi connectivity index (χ2n) is 5.59. The minimum Gasteiger partial charge on any atom is -0.308 e. The number of barbiturate groups is 1. The van der Waals surface area contributed by atoms with Gasteiger partial charge < -0.3 is 4.90 Å². The van der Waals surface area contributed by atoms with Crippen LogP contribution in [-0.4, -0.2) is 56.1 Å². The van der Waals surface area contributed by atoms with Crippen molar-refractivity contribution in [3.8, 4) is 0 Å². The van der Waals surface area contributed by atoms with E-state index in [-0.39, 0.29) is 0 Å². The van der Waals surface area contributed by atoms with E-state index in [1.165, 1.54) is 6.21 Å². The molecule has 7 nitrogen and oxygen atoms in total. The molecule has 1 aromatic rings. The molecule has 0 radical (unpaired) electrons. The number of para-hydroxylation sites is 1. The second-order valence-corrected chi connectivity index (χ2v) is 5.59. The molecule has 1 aliphatic rings. The molecular weight excluding hydrogens is 296 g/mol. The number of carbonyl (C=O) groups is 3. The quantitative estimate of drug-likeness (QED) is 0.644. The summed E-state index contributed by atoms with van der Waals surface area (Å²) in [5.41, 5.74) is 1.24. The summed E-state index contributed by atoms with van der Waals surface area (Å²) in [4.78, 5) is 43.6. The number of imide groups is 2. The number of hydrogen-bond acceptors (Lipinski definition) is 5. The number of urea groups is 1. The number of anilines is 1. The van der Waals surface area contributed by atoms with Crippen LogP contribution < -0.4 is 10.2 Å². The molecule has 4 amide bonds. The molecule has 122 valence electrons. The van der Waals surface area contributed by atoms with E-state index in [2.05, 4.69) is 10.3 Å². The van der Waals surface area contributed by atoms with Crippen LogP contribution in [0, 0.1) is 12.8 Å². The van der Waals surface area contributed by atoms with E-state index in [1.807, 2.05) is 25.1 Å². The van der Waals surface area contributed by atoms with Crippen LogP contribution in [0.3, 0.4) is 0 Å². The number of likely N-dealkylation sites (N-methyl/N-ethyl adjacent to an activating group) is 1. The van der Waals surface area contributed by atoms with Crippen molar-refractivity contribution in [1.82, 2.24) is 10.2 Å². The Hall–Kier alpha value is -2.54. The fourth-order valence-electron chi connectivity index (χ4n) is 2.20. The van der Waals surface area contributed by atoms with Crippen LogP contribution in [0.1, 0.15) is 5.56 Å². The Morgan fingerprint density at radius 2 is 1.96 bits per heavy atom. The molecule has 1 aliphatic heterocycles. The molecule has 1 N–H and O–H groups in total. The van der Waals surface area contributed by atoms with Crippen LogP contribution in [-0.2, 0) is 9.59 Å². The van der Waals surface area contributed by atoms with Gasteiger partial charge in [-0.25, -0.2) is 9.69 Å². The summed E-state index contributed by atoms with van der Waals surface area (Å²) < 4.78 is 0. The number of nitrogens with zero attached hydrogens (tertiary/aromatic N) is 3. The van der Waals surface area contributed by atoms with Crippen molar-refractivity contribution in [2.45, 2.75) is 6.92 Å². The van der Waals surface area contributed by atoms with Gasteiger partial charge in [-0.15, -0.1) is 0 Å². The number of aliphatic imine (C=N–C) groups is 1. The first kappa shape index (κ1) is 16.8. The predicted molar refractivity (Wildman–Crippen MR) is 87.6 cm³/mol. The topological polar surface area (TPSA) is 82.1 Å². The van der Waals surface area contributed by atoms with Gasteiger partial charge in [0.15, 0.2) is 5.92 Å². The maximum atomic E-state index is 12.6. The molecule has 0 unspecified atom stereocenters. The zero-order valence-electron chi connectivity index (χ0n) is 13.4. The van der Waals surface area contributed by atoms with Crippen molar-refractivity contribution in [2.75, 3.05) is 32.1 Å². The maximum absolute atomic E-state index is 12.6.